The number of hydrogen-bond donors (Lipinski definition) is 1. The van der Waals surface area contributed by atoms with E-state index in [-0.39, 0.29) is 5.60 Å². The molecule has 1 aliphatic heterocycles. The SMILES string of the molecule is COc1ccc(CCNCc2ccc3c(c2)CC(C)(C)O3)c(OC)c1OC. The minimum Gasteiger partial charge on any atom is -0.493 e. The standard InChI is InChI=1S/C22H29NO4/c1-22(2)13-17-12-15(6-8-18(17)27-22)14-23-11-10-16-7-9-19(24-3)21(26-5)20(16)25-4/h6-9,12,23H,10-11,13-14H2,1-5H3. The van der Waals surface area contributed by atoms with Crippen LogP contribution in [0.3, 0.4) is 0 Å². The van der Waals surface area contributed by atoms with Crippen molar-refractivity contribution in [1.82, 2.24) is 5.32 Å². The van der Waals surface area contributed by atoms with Crippen molar-refractivity contribution < 1.29 is 18.9 Å². The van der Waals surface area contributed by atoms with Crippen LogP contribution in [0.25, 0.3) is 0 Å². The Balaban J connectivity index is 1.58. The van der Waals surface area contributed by atoms with Gasteiger partial charge in [0.2, 0.25) is 5.75 Å². The largest absolute Gasteiger partial charge is 0.493 e. The highest BCUT2D eigenvalue weighted by atomic mass is 16.5. The number of hydrogen-bond acceptors (Lipinski definition) is 5. The molecule has 0 saturated carbocycles. The average molecular weight is 371 g/mol. The van der Waals surface area contributed by atoms with Gasteiger partial charge < -0.3 is 24.3 Å². The van der Waals surface area contributed by atoms with Crippen LogP contribution < -0.4 is 24.3 Å². The summed E-state index contributed by atoms with van der Waals surface area (Å²) in [5.41, 5.74) is 3.56. The maximum atomic E-state index is 5.94. The minimum absolute atomic E-state index is 0.0988. The van der Waals surface area contributed by atoms with E-state index in [0.717, 1.165) is 43.0 Å². The van der Waals surface area contributed by atoms with Gasteiger partial charge in [0.05, 0.1) is 21.3 Å². The first-order valence-electron chi connectivity index (χ1n) is 9.27. The van der Waals surface area contributed by atoms with Crippen LogP contribution >= 0.6 is 0 Å². The van der Waals surface area contributed by atoms with Gasteiger partial charge in [-0.15, -0.1) is 0 Å². The van der Waals surface area contributed by atoms with Crippen LogP contribution in [-0.2, 0) is 19.4 Å². The molecule has 0 aromatic heterocycles. The summed E-state index contributed by atoms with van der Waals surface area (Å²) >= 11 is 0. The molecule has 2 aromatic rings. The molecule has 0 radical (unpaired) electrons. The van der Waals surface area contributed by atoms with Gasteiger partial charge in [0.15, 0.2) is 11.5 Å². The number of nitrogens with one attached hydrogen (secondary N) is 1. The van der Waals surface area contributed by atoms with Crippen molar-refractivity contribution in [2.24, 2.45) is 0 Å². The Morgan fingerprint density at radius 1 is 1.00 bits per heavy atom. The topological polar surface area (TPSA) is 49.0 Å². The summed E-state index contributed by atoms with van der Waals surface area (Å²) in [6, 6.07) is 10.4. The summed E-state index contributed by atoms with van der Waals surface area (Å²) in [6.07, 6.45) is 1.80. The van der Waals surface area contributed by atoms with E-state index in [9.17, 15) is 0 Å². The normalized spacial score (nSPS) is 14.4. The first-order valence-corrected chi connectivity index (χ1v) is 9.27. The third-order valence-electron chi connectivity index (χ3n) is 4.81. The van der Waals surface area contributed by atoms with Crippen LogP contribution in [-0.4, -0.2) is 33.5 Å². The molecule has 0 aliphatic carbocycles. The number of ether oxygens (including phenoxy) is 4. The molecule has 146 valence electrons. The van der Waals surface area contributed by atoms with Crippen LogP contribution in [0.1, 0.15) is 30.5 Å². The zero-order chi connectivity index (χ0) is 19.4. The molecule has 1 aliphatic rings. The van der Waals surface area contributed by atoms with Crippen LogP contribution in [0.4, 0.5) is 0 Å². The average Bonchev–Trinajstić information content (AvgIpc) is 2.97. The number of rotatable bonds is 8. The lowest BCUT2D eigenvalue weighted by molar-refractivity contribution is 0.138. The third-order valence-corrected chi connectivity index (χ3v) is 4.81. The summed E-state index contributed by atoms with van der Waals surface area (Å²) in [6.45, 7) is 5.91. The second-order valence-electron chi connectivity index (χ2n) is 7.40. The molecular formula is C22H29NO4. The number of methoxy groups -OCH3 is 3. The Morgan fingerprint density at radius 3 is 2.48 bits per heavy atom. The van der Waals surface area contributed by atoms with Crippen molar-refractivity contribution in [3.8, 4) is 23.0 Å². The predicted octanol–water partition coefficient (Wildman–Crippen LogP) is 3.76. The maximum absolute atomic E-state index is 5.94. The van der Waals surface area contributed by atoms with Gasteiger partial charge in [-0.05, 0) is 55.6 Å². The first-order chi connectivity index (χ1) is 13.0. The Labute approximate surface area is 161 Å². The van der Waals surface area contributed by atoms with Gasteiger partial charge >= 0.3 is 0 Å². The Morgan fingerprint density at radius 2 is 1.78 bits per heavy atom. The lowest BCUT2D eigenvalue weighted by Gasteiger charge is -2.16. The van der Waals surface area contributed by atoms with Gasteiger partial charge in [0, 0.05) is 13.0 Å². The zero-order valence-corrected chi connectivity index (χ0v) is 16.8. The summed E-state index contributed by atoms with van der Waals surface area (Å²) in [7, 11) is 4.91. The molecule has 0 atom stereocenters. The lowest BCUT2D eigenvalue weighted by atomic mass is 10.0. The zero-order valence-electron chi connectivity index (χ0n) is 16.8. The van der Waals surface area contributed by atoms with Crippen LogP contribution in [0.15, 0.2) is 30.3 Å². The highest BCUT2D eigenvalue weighted by Crippen LogP contribution is 2.40. The molecule has 0 spiro atoms. The summed E-state index contributed by atoms with van der Waals surface area (Å²) in [5, 5.41) is 3.51. The minimum atomic E-state index is -0.0988. The van der Waals surface area contributed by atoms with E-state index in [1.807, 2.05) is 12.1 Å². The quantitative estimate of drug-likeness (QED) is 0.716. The lowest BCUT2D eigenvalue weighted by Crippen LogP contribution is -2.24. The second kappa shape index (κ2) is 8.09. The van der Waals surface area contributed by atoms with Gasteiger partial charge in [-0.2, -0.15) is 0 Å². The van der Waals surface area contributed by atoms with Crippen LogP contribution in [0.5, 0.6) is 23.0 Å². The monoisotopic (exact) mass is 371 g/mol. The molecule has 0 saturated heterocycles. The van der Waals surface area contributed by atoms with Gasteiger partial charge in [0.1, 0.15) is 11.4 Å². The Kier molecular flexibility index (Phi) is 5.80. The van der Waals surface area contributed by atoms with E-state index in [1.165, 1.54) is 11.1 Å². The molecule has 1 N–H and O–H groups in total. The van der Waals surface area contributed by atoms with E-state index in [1.54, 1.807) is 21.3 Å². The van der Waals surface area contributed by atoms with Crippen molar-refractivity contribution in [1.29, 1.82) is 0 Å². The van der Waals surface area contributed by atoms with Crippen molar-refractivity contribution in [3.63, 3.8) is 0 Å². The third kappa shape index (κ3) is 4.30. The molecule has 2 aromatic carbocycles. The van der Waals surface area contributed by atoms with Crippen molar-refractivity contribution >= 4 is 0 Å². The molecule has 5 heteroatoms. The number of benzene rings is 2. The molecule has 1 heterocycles. The molecule has 27 heavy (non-hydrogen) atoms. The Bertz CT molecular complexity index is 801. The molecule has 0 unspecified atom stereocenters. The fourth-order valence-electron chi connectivity index (χ4n) is 3.59. The highest BCUT2D eigenvalue weighted by molar-refractivity contribution is 5.55. The van der Waals surface area contributed by atoms with E-state index in [4.69, 9.17) is 18.9 Å². The molecule has 0 bridgehead atoms. The fraction of sp³-hybridized carbons (Fsp3) is 0.455. The number of fused-ring (bicyclic) bond motifs is 1. The first kappa shape index (κ1) is 19.4. The summed E-state index contributed by atoms with van der Waals surface area (Å²) < 4.78 is 22.3. The predicted molar refractivity (Wildman–Crippen MR) is 106 cm³/mol. The van der Waals surface area contributed by atoms with Gasteiger partial charge in [-0.25, -0.2) is 0 Å². The second-order valence-corrected chi connectivity index (χ2v) is 7.40. The van der Waals surface area contributed by atoms with Gasteiger partial charge in [-0.3, -0.25) is 0 Å². The molecule has 0 amide bonds. The van der Waals surface area contributed by atoms with Crippen LogP contribution in [0, 0.1) is 0 Å². The Hall–Kier alpha value is -2.40. The van der Waals surface area contributed by atoms with Crippen molar-refractivity contribution in [2.45, 2.75) is 38.8 Å². The van der Waals surface area contributed by atoms with Gasteiger partial charge in [0.25, 0.3) is 0 Å². The molecule has 5 nitrogen and oxygen atoms in total. The van der Waals surface area contributed by atoms with E-state index < -0.39 is 0 Å². The summed E-state index contributed by atoms with van der Waals surface area (Å²) in [4.78, 5) is 0. The fourth-order valence-corrected chi connectivity index (χ4v) is 3.59. The molecule has 3 rings (SSSR count). The van der Waals surface area contributed by atoms with Gasteiger partial charge in [-0.1, -0.05) is 18.2 Å². The van der Waals surface area contributed by atoms with Crippen LogP contribution in [0.2, 0.25) is 0 Å². The van der Waals surface area contributed by atoms with E-state index in [0.29, 0.717) is 11.5 Å². The van der Waals surface area contributed by atoms with E-state index >= 15 is 0 Å². The summed E-state index contributed by atoms with van der Waals surface area (Å²) in [5.74, 6) is 3.06. The molecular weight excluding hydrogens is 342 g/mol. The van der Waals surface area contributed by atoms with Crippen molar-refractivity contribution in [2.75, 3.05) is 27.9 Å². The smallest absolute Gasteiger partial charge is 0.203 e. The highest BCUT2D eigenvalue weighted by Gasteiger charge is 2.29. The van der Waals surface area contributed by atoms with E-state index in [2.05, 4.69) is 37.4 Å². The molecule has 0 fully saturated rings. The maximum Gasteiger partial charge on any atom is 0.203 e. The van der Waals surface area contributed by atoms with Crippen molar-refractivity contribution in [3.05, 3.63) is 47.0 Å².